The van der Waals surface area contributed by atoms with Crippen LogP contribution < -0.4 is 11.1 Å². The number of fused-ring (bicyclic) bond motifs is 1. The second-order valence-corrected chi connectivity index (χ2v) is 3.90. The number of hydrogen-bond donors (Lipinski definition) is 2. The topological polar surface area (TPSA) is 50.9 Å². The highest BCUT2D eigenvalue weighted by Gasteiger charge is 2.03. The minimum Gasteiger partial charge on any atom is -0.397 e. The third kappa shape index (κ3) is 2.08. The van der Waals surface area contributed by atoms with E-state index in [9.17, 15) is 0 Å². The zero-order valence-electron chi connectivity index (χ0n) is 9.53. The average Bonchev–Trinajstić information content (AvgIpc) is 2.33. The summed E-state index contributed by atoms with van der Waals surface area (Å²) in [5.74, 6) is 0. The number of rotatable bonds is 4. The van der Waals surface area contributed by atoms with Gasteiger partial charge in [0.2, 0.25) is 0 Å². The molecule has 2 rings (SSSR count). The average molecular weight is 215 g/mol. The first-order valence-electron chi connectivity index (χ1n) is 5.69. The highest BCUT2D eigenvalue weighted by molar-refractivity contribution is 5.98. The zero-order chi connectivity index (χ0) is 11.4. The standard InChI is InChI=1S/C13H17N3/c1-2-3-7-16-12-5-4-10-9-15-8-6-11(10)13(12)14/h4-6,8-9,16H,2-3,7,14H2,1H3. The SMILES string of the molecule is CCCCNc1ccc2cnccc2c1N. The van der Waals surface area contributed by atoms with Gasteiger partial charge in [0.05, 0.1) is 11.4 Å². The lowest BCUT2D eigenvalue weighted by atomic mass is 10.1. The minimum absolute atomic E-state index is 0.816. The largest absolute Gasteiger partial charge is 0.397 e. The van der Waals surface area contributed by atoms with Crippen LogP contribution in [0.4, 0.5) is 11.4 Å². The van der Waals surface area contributed by atoms with Crippen molar-refractivity contribution >= 4 is 22.1 Å². The molecule has 0 aliphatic rings. The fourth-order valence-corrected chi connectivity index (χ4v) is 1.75. The maximum atomic E-state index is 6.11. The second-order valence-electron chi connectivity index (χ2n) is 3.90. The number of hydrogen-bond acceptors (Lipinski definition) is 3. The summed E-state index contributed by atoms with van der Waals surface area (Å²) in [6, 6.07) is 6.03. The molecule has 0 spiro atoms. The summed E-state index contributed by atoms with van der Waals surface area (Å²) in [4.78, 5) is 4.08. The number of aromatic nitrogens is 1. The van der Waals surface area contributed by atoms with Gasteiger partial charge in [0.1, 0.15) is 0 Å². The summed E-state index contributed by atoms with van der Waals surface area (Å²) in [7, 11) is 0. The van der Waals surface area contributed by atoms with Gasteiger partial charge in [-0.25, -0.2) is 0 Å². The molecule has 0 fully saturated rings. The number of nitrogens with one attached hydrogen (secondary N) is 1. The van der Waals surface area contributed by atoms with Crippen LogP contribution in [0.15, 0.2) is 30.6 Å². The number of nitrogens with two attached hydrogens (primary N) is 1. The van der Waals surface area contributed by atoms with Gasteiger partial charge < -0.3 is 11.1 Å². The number of nitrogen functional groups attached to an aromatic ring is 1. The normalized spacial score (nSPS) is 10.6. The molecule has 0 unspecified atom stereocenters. The van der Waals surface area contributed by atoms with Gasteiger partial charge in [0.15, 0.2) is 0 Å². The van der Waals surface area contributed by atoms with Gasteiger partial charge in [-0.15, -0.1) is 0 Å². The van der Waals surface area contributed by atoms with Crippen LogP contribution in [0.5, 0.6) is 0 Å². The Kier molecular flexibility index (Phi) is 3.25. The lowest BCUT2D eigenvalue weighted by molar-refractivity contribution is 0.835. The van der Waals surface area contributed by atoms with Gasteiger partial charge in [-0.05, 0) is 18.6 Å². The van der Waals surface area contributed by atoms with Crippen LogP contribution in [-0.2, 0) is 0 Å². The fourth-order valence-electron chi connectivity index (χ4n) is 1.75. The van der Waals surface area contributed by atoms with Crippen LogP contribution in [0.25, 0.3) is 10.8 Å². The monoisotopic (exact) mass is 215 g/mol. The molecular weight excluding hydrogens is 198 g/mol. The van der Waals surface area contributed by atoms with E-state index in [1.807, 2.05) is 24.4 Å². The molecular formula is C13H17N3. The molecule has 3 N–H and O–H groups in total. The summed E-state index contributed by atoms with van der Waals surface area (Å²) in [5, 5.41) is 5.51. The number of anilines is 2. The highest BCUT2D eigenvalue weighted by atomic mass is 14.9. The van der Waals surface area contributed by atoms with Gasteiger partial charge in [0.25, 0.3) is 0 Å². The Hall–Kier alpha value is -1.77. The van der Waals surface area contributed by atoms with Crippen LogP contribution >= 0.6 is 0 Å². The molecule has 2 aromatic rings. The highest BCUT2D eigenvalue weighted by Crippen LogP contribution is 2.27. The molecule has 84 valence electrons. The summed E-state index contributed by atoms with van der Waals surface area (Å²) < 4.78 is 0. The second kappa shape index (κ2) is 4.84. The molecule has 1 heterocycles. The summed E-state index contributed by atoms with van der Waals surface area (Å²) in [6.45, 7) is 3.15. The van der Waals surface area contributed by atoms with Crippen molar-refractivity contribution in [3.05, 3.63) is 30.6 Å². The number of unbranched alkanes of at least 4 members (excludes halogenated alkanes) is 1. The molecule has 3 heteroatoms. The maximum absolute atomic E-state index is 6.11. The van der Waals surface area contributed by atoms with E-state index in [1.54, 1.807) is 6.20 Å². The zero-order valence-corrected chi connectivity index (χ0v) is 9.53. The predicted molar refractivity (Wildman–Crippen MR) is 69.6 cm³/mol. The summed E-state index contributed by atoms with van der Waals surface area (Å²) in [6.07, 6.45) is 5.95. The third-order valence-corrected chi connectivity index (χ3v) is 2.71. The van der Waals surface area contributed by atoms with Gasteiger partial charge in [-0.3, -0.25) is 4.98 Å². The van der Waals surface area contributed by atoms with Gasteiger partial charge in [-0.2, -0.15) is 0 Å². The fraction of sp³-hybridized carbons (Fsp3) is 0.308. The first-order chi connectivity index (χ1) is 7.83. The third-order valence-electron chi connectivity index (χ3n) is 2.71. The van der Waals surface area contributed by atoms with Crippen LogP contribution in [0.3, 0.4) is 0 Å². The predicted octanol–water partition coefficient (Wildman–Crippen LogP) is 3.03. The molecule has 0 aliphatic heterocycles. The van der Waals surface area contributed by atoms with Crippen molar-refractivity contribution < 1.29 is 0 Å². The van der Waals surface area contributed by atoms with Crippen molar-refractivity contribution in [2.24, 2.45) is 0 Å². The molecule has 1 aromatic carbocycles. The van der Waals surface area contributed by atoms with E-state index >= 15 is 0 Å². The van der Waals surface area contributed by atoms with Crippen molar-refractivity contribution in [3.63, 3.8) is 0 Å². The van der Waals surface area contributed by atoms with Crippen molar-refractivity contribution in [1.29, 1.82) is 0 Å². The Morgan fingerprint density at radius 1 is 1.31 bits per heavy atom. The maximum Gasteiger partial charge on any atom is 0.0630 e. The molecule has 0 saturated carbocycles. The molecule has 0 bridgehead atoms. The lowest BCUT2D eigenvalue weighted by Crippen LogP contribution is -2.04. The Morgan fingerprint density at radius 2 is 2.19 bits per heavy atom. The molecule has 0 radical (unpaired) electrons. The Bertz CT molecular complexity index is 480. The lowest BCUT2D eigenvalue weighted by Gasteiger charge is -2.10. The Morgan fingerprint density at radius 3 is 3.00 bits per heavy atom. The van der Waals surface area contributed by atoms with Gasteiger partial charge >= 0.3 is 0 Å². The van der Waals surface area contributed by atoms with Crippen molar-refractivity contribution in [3.8, 4) is 0 Å². The number of pyridine rings is 1. The molecule has 16 heavy (non-hydrogen) atoms. The summed E-state index contributed by atoms with van der Waals surface area (Å²) >= 11 is 0. The molecule has 0 amide bonds. The van der Waals surface area contributed by atoms with E-state index in [1.165, 1.54) is 6.42 Å². The molecule has 0 saturated heterocycles. The molecule has 3 nitrogen and oxygen atoms in total. The first kappa shape index (κ1) is 10.7. The first-order valence-corrected chi connectivity index (χ1v) is 5.69. The van der Waals surface area contributed by atoms with Crippen LogP contribution in [-0.4, -0.2) is 11.5 Å². The van der Waals surface area contributed by atoms with Crippen LogP contribution in [0, 0.1) is 0 Å². The van der Waals surface area contributed by atoms with Crippen LogP contribution in [0.2, 0.25) is 0 Å². The number of nitrogens with zero attached hydrogens (tertiary/aromatic N) is 1. The van der Waals surface area contributed by atoms with Crippen molar-refractivity contribution in [1.82, 2.24) is 4.98 Å². The van der Waals surface area contributed by atoms with Crippen molar-refractivity contribution in [2.75, 3.05) is 17.6 Å². The molecule has 0 aliphatic carbocycles. The van der Waals surface area contributed by atoms with E-state index in [-0.39, 0.29) is 0 Å². The van der Waals surface area contributed by atoms with E-state index in [0.29, 0.717) is 0 Å². The Labute approximate surface area is 95.7 Å². The quantitative estimate of drug-likeness (QED) is 0.609. The minimum atomic E-state index is 0.816. The molecule has 0 atom stereocenters. The molecule has 1 aromatic heterocycles. The van der Waals surface area contributed by atoms with E-state index in [0.717, 1.165) is 35.1 Å². The van der Waals surface area contributed by atoms with Crippen molar-refractivity contribution in [2.45, 2.75) is 19.8 Å². The van der Waals surface area contributed by atoms with Gasteiger partial charge in [0, 0.05) is 29.7 Å². The van der Waals surface area contributed by atoms with E-state index in [2.05, 4.69) is 17.2 Å². The van der Waals surface area contributed by atoms with E-state index < -0.39 is 0 Å². The van der Waals surface area contributed by atoms with Crippen LogP contribution in [0.1, 0.15) is 19.8 Å². The number of benzene rings is 1. The Balaban J connectivity index is 2.29. The van der Waals surface area contributed by atoms with E-state index in [4.69, 9.17) is 5.73 Å². The van der Waals surface area contributed by atoms with Gasteiger partial charge in [-0.1, -0.05) is 19.4 Å². The smallest absolute Gasteiger partial charge is 0.0630 e. The summed E-state index contributed by atoms with van der Waals surface area (Å²) in [5.41, 5.74) is 7.95.